The second-order valence-corrected chi connectivity index (χ2v) is 2.03. The van der Waals surface area contributed by atoms with Crippen molar-refractivity contribution in [2.75, 3.05) is 19.6 Å². The van der Waals surface area contributed by atoms with Crippen LogP contribution in [0.4, 0.5) is 0 Å². The Labute approximate surface area is 58.2 Å². The summed E-state index contributed by atoms with van der Waals surface area (Å²) in [4.78, 5) is 2.43. The highest BCUT2D eigenvalue weighted by atomic mass is 16.0. The van der Waals surface area contributed by atoms with Gasteiger partial charge in [0.15, 0.2) is 0 Å². The quantitative estimate of drug-likeness (QED) is 0.561. The van der Waals surface area contributed by atoms with Crippen LogP contribution in [0.15, 0.2) is 0 Å². The van der Waals surface area contributed by atoms with Gasteiger partial charge in [-0.2, -0.15) is 0 Å². The van der Waals surface area contributed by atoms with E-state index >= 15 is 0 Å². The van der Waals surface area contributed by atoms with E-state index in [4.69, 9.17) is 0 Å². The minimum atomic E-state index is 0. The Kier molecular flexibility index (Phi) is 10.3. The van der Waals surface area contributed by atoms with Crippen molar-refractivity contribution in [2.45, 2.75) is 27.2 Å². The topological polar surface area (TPSA) is 34.7 Å². The summed E-state index contributed by atoms with van der Waals surface area (Å²) in [5, 5.41) is 0. The number of rotatable bonds is 4. The smallest absolute Gasteiger partial charge is 0.00216 e. The van der Waals surface area contributed by atoms with E-state index < -0.39 is 0 Å². The fraction of sp³-hybridized carbons (Fsp3) is 1.00. The molecule has 0 aromatic rings. The van der Waals surface area contributed by atoms with Crippen LogP contribution in [0, 0.1) is 0 Å². The molecule has 0 unspecified atom stereocenters. The monoisotopic (exact) mass is 133 g/mol. The van der Waals surface area contributed by atoms with Crippen LogP contribution in [0.25, 0.3) is 0 Å². The SMILES string of the molecule is CCCN(CC)CC.O. The molecule has 0 amide bonds. The predicted octanol–water partition coefficient (Wildman–Crippen LogP) is 0.913. The summed E-state index contributed by atoms with van der Waals surface area (Å²) < 4.78 is 0. The van der Waals surface area contributed by atoms with E-state index in [-0.39, 0.29) is 5.48 Å². The zero-order valence-corrected chi connectivity index (χ0v) is 6.78. The molecular weight excluding hydrogens is 114 g/mol. The van der Waals surface area contributed by atoms with Gasteiger partial charge in [0.1, 0.15) is 0 Å². The molecule has 0 spiro atoms. The van der Waals surface area contributed by atoms with Gasteiger partial charge in [-0.1, -0.05) is 20.8 Å². The summed E-state index contributed by atoms with van der Waals surface area (Å²) in [6.45, 7) is 10.3. The molecule has 0 aliphatic heterocycles. The molecular formula is C7H19NO. The van der Waals surface area contributed by atoms with Crippen molar-refractivity contribution in [1.29, 1.82) is 0 Å². The molecule has 0 aliphatic carbocycles. The molecule has 2 nitrogen and oxygen atoms in total. The standard InChI is InChI=1S/C7H17N.H2O/c1-4-7-8(5-2)6-3;/h4-7H2,1-3H3;1H2. The highest BCUT2D eigenvalue weighted by Gasteiger charge is 1.92. The van der Waals surface area contributed by atoms with E-state index in [9.17, 15) is 0 Å². The second-order valence-electron chi connectivity index (χ2n) is 2.03. The van der Waals surface area contributed by atoms with Crippen molar-refractivity contribution in [3.8, 4) is 0 Å². The minimum Gasteiger partial charge on any atom is -0.412 e. The van der Waals surface area contributed by atoms with Crippen molar-refractivity contribution in [2.24, 2.45) is 0 Å². The summed E-state index contributed by atoms with van der Waals surface area (Å²) in [6.07, 6.45) is 1.28. The van der Waals surface area contributed by atoms with E-state index in [2.05, 4.69) is 25.7 Å². The van der Waals surface area contributed by atoms with Crippen LogP contribution in [0.2, 0.25) is 0 Å². The Morgan fingerprint density at radius 3 is 1.56 bits per heavy atom. The van der Waals surface area contributed by atoms with Crippen LogP contribution >= 0.6 is 0 Å². The van der Waals surface area contributed by atoms with Gasteiger partial charge in [0.05, 0.1) is 0 Å². The van der Waals surface area contributed by atoms with Crippen molar-refractivity contribution < 1.29 is 5.48 Å². The Morgan fingerprint density at radius 2 is 1.44 bits per heavy atom. The number of nitrogens with zero attached hydrogens (tertiary/aromatic N) is 1. The first kappa shape index (κ1) is 11.7. The molecule has 0 radical (unpaired) electrons. The zero-order chi connectivity index (χ0) is 6.41. The third-order valence-electron chi connectivity index (χ3n) is 1.43. The van der Waals surface area contributed by atoms with Gasteiger partial charge in [-0.25, -0.2) is 0 Å². The molecule has 0 atom stereocenters. The molecule has 2 N–H and O–H groups in total. The van der Waals surface area contributed by atoms with Crippen LogP contribution in [0.3, 0.4) is 0 Å². The average molecular weight is 133 g/mol. The van der Waals surface area contributed by atoms with Gasteiger partial charge in [0.25, 0.3) is 0 Å². The van der Waals surface area contributed by atoms with Crippen LogP contribution in [-0.4, -0.2) is 30.0 Å². The van der Waals surface area contributed by atoms with E-state index in [1.807, 2.05) is 0 Å². The maximum atomic E-state index is 2.43. The highest BCUT2D eigenvalue weighted by Crippen LogP contribution is 1.87. The molecule has 0 fully saturated rings. The van der Waals surface area contributed by atoms with Crippen molar-refractivity contribution in [1.82, 2.24) is 4.90 Å². The third kappa shape index (κ3) is 5.80. The Hall–Kier alpha value is -0.0800. The lowest BCUT2D eigenvalue weighted by atomic mass is 10.4. The molecule has 58 valence electrons. The summed E-state index contributed by atoms with van der Waals surface area (Å²) in [5.74, 6) is 0. The lowest BCUT2D eigenvalue weighted by Crippen LogP contribution is -2.23. The van der Waals surface area contributed by atoms with E-state index in [0.717, 1.165) is 0 Å². The van der Waals surface area contributed by atoms with Crippen LogP contribution < -0.4 is 0 Å². The lowest BCUT2D eigenvalue weighted by Gasteiger charge is -2.15. The fourth-order valence-corrected chi connectivity index (χ4v) is 0.856. The maximum Gasteiger partial charge on any atom is -0.00216 e. The lowest BCUT2D eigenvalue weighted by molar-refractivity contribution is 0.304. The molecule has 9 heavy (non-hydrogen) atoms. The molecule has 0 saturated carbocycles. The first-order valence-electron chi connectivity index (χ1n) is 3.57. The van der Waals surface area contributed by atoms with Gasteiger partial charge in [-0.05, 0) is 26.1 Å². The van der Waals surface area contributed by atoms with Crippen molar-refractivity contribution >= 4 is 0 Å². The summed E-state index contributed by atoms with van der Waals surface area (Å²) in [7, 11) is 0. The number of hydrogen-bond acceptors (Lipinski definition) is 1. The molecule has 0 aromatic carbocycles. The van der Waals surface area contributed by atoms with E-state index in [1.54, 1.807) is 0 Å². The summed E-state index contributed by atoms with van der Waals surface area (Å²) in [5.41, 5.74) is 0. The van der Waals surface area contributed by atoms with Crippen molar-refractivity contribution in [3.05, 3.63) is 0 Å². The zero-order valence-electron chi connectivity index (χ0n) is 6.78. The maximum absolute atomic E-state index is 2.43. The fourth-order valence-electron chi connectivity index (χ4n) is 0.856. The number of hydrogen-bond donors (Lipinski definition) is 0. The van der Waals surface area contributed by atoms with Crippen LogP contribution in [0.1, 0.15) is 27.2 Å². The van der Waals surface area contributed by atoms with E-state index in [1.165, 1.54) is 26.1 Å². The van der Waals surface area contributed by atoms with Crippen LogP contribution in [0.5, 0.6) is 0 Å². The average Bonchev–Trinajstić information content (AvgIpc) is 1.83. The molecule has 0 aromatic heterocycles. The molecule has 2 heteroatoms. The molecule has 0 aliphatic rings. The highest BCUT2D eigenvalue weighted by molar-refractivity contribution is 4.47. The van der Waals surface area contributed by atoms with Gasteiger partial charge < -0.3 is 10.4 Å². The molecule has 0 heterocycles. The van der Waals surface area contributed by atoms with Crippen molar-refractivity contribution in [3.63, 3.8) is 0 Å². The third-order valence-corrected chi connectivity index (χ3v) is 1.43. The van der Waals surface area contributed by atoms with Gasteiger partial charge in [-0.3, -0.25) is 0 Å². The summed E-state index contributed by atoms with van der Waals surface area (Å²) >= 11 is 0. The minimum absolute atomic E-state index is 0. The van der Waals surface area contributed by atoms with Gasteiger partial charge in [0, 0.05) is 0 Å². The molecule has 0 bridgehead atoms. The van der Waals surface area contributed by atoms with Gasteiger partial charge in [-0.15, -0.1) is 0 Å². The summed E-state index contributed by atoms with van der Waals surface area (Å²) in [6, 6.07) is 0. The van der Waals surface area contributed by atoms with Gasteiger partial charge in [0.2, 0.25) is 0 Å². The second kappa shape index (κ2) is 7.92. The normalized spacial score (nSPS) is 9.33. The van der Waals surface area contributed by atoms with Crippen LogP contribution in [-0.2, 0) is 0 Å². The Balaban J connectivity index is 0. The largest absolute Gasteiger partial charge is 0.412 e. The first-order chi connectivity index (χ1) is 3.85. The Bertz CT molecular complexity index is 44.2. The first-order valence-corrected chi connectivity index (χ1v) is 3.57. The predicted molar refractivity (Wildman–Crippen MR) is 41.7 cm³/mol. The molecule has 0 saturated heterocycles. The Morgan fingerprint density at radius 1 is 1.00 bits per heavy atom. The van der Waals surface area contributed by atoms with Gasteiger partial charge >= 0.3 is 0 Å². The van der Waals surface area contributed by atoms with E-state index in [0.29, 0.717) is 0 Å². The molecule has 0 rings (SSSR count).